The Labute approximate surface area is 188 Å². The van der Waals surface area contributed by atoms with Gasteiger partial charge in [-0.05, 0) is 80.4 Å². The maximum Gasteiger partial charge on any atom is 0.0966 e. The summed E-state index contributed by atoms with van der Waals surface area (Å²) >= 11 is 0. The van der Waals surface area contributed by atoms with Crippen LogP contribution in [0.5, 0.6) is 0 Å². The molecule has 3 N–H and O–H groups in total. The fourth-order valence-electron chi connectivity index (χ4n) is 4.62. The van der Waals surface area contributed by atoms with Crippen molar-refractivity contribution in [3.63, 3.8) is 0 Å². The number of likely N-dealkylation sites (tertiary alicyclic amines) is 1. The molecule has 0 radical (unpaired) electrons. The number of hydrogen-bond acceptors (Lipinski definition) is 6. The Kier molecular flexibility index (Phi) is 5.69. The van der Waals surface area contributed by atoms with Crippen LogP contribution in [-0.2, 0) is 0 Å². The van der Waals surface area contributed by atoms with Crippen molar-refractivity contribution < 1.29 is 0 Å². The van der Waals surface area contributed by atoms with Gasteiger partial charge in [-0.1, -0.05) is 18.2 Å². The number of nitrogens with zero attached hydrogens (tertiary/aromatic N) is 4. The molecule has 1 fully saturated rings. The van der Waals surface area contributed by atoms with Crippen LogP contribution in [-0.4, -0.2) is 40.0 Å². The number of nitrogen functional groups attached to an aromatic ring is 1. The van der Waals surface area contributed by atoms with Crippen molar-refractivity contribution in [2.24, 2.45) is 5.92 Å². The van der Waals surface area contributed by atoms with Gasteiger partial charge in [-0.3, -0.25) is 15.0 Å². The fourth-order valence-corrected chi connectivity index (χ4v) is 4.62. The summed E-state index contributed by atoms with van der Waals surface area (Å²) in [4.78, 5) is 16.0. The molecule has 5 rings (SSSR count). The van der Waals surface area contributed by atoms with Crippen molar-refractivity contribution in [2.75, 3.05) is 31.2 Å². The first kappa shape index (κ1) is 20.4. The molecule has 0 spiro atoms. The molecule has 162 valence electrons. The zero-order valence-corrected chi connectivity index (χ0v) is 18.3. The Morgan fingerprint density at radius 2 is 1.78 bits per heavy atom. The van der Waals surface area contributed by atoms with Gasteiger partial charge in [-0.2, -0.15) is 0 Å². The zero-order chi connectivity index (χ0) is 21.9. The summed E-state index contributed by atoms with van der Waals surface area (Å²) in [5.74, 6) is 0.535. The molecule has 1 unspecified atom stereocenters. The Morgan fingerprint density at radius 1 is 1.00 bits per heavy atom. The molecule has 2 aromatic carbocycles. The van der Waals surface area contributed by atoms with Crippen molar-refractivity contribution in [3.05, 3.63) is 78.9 Å². The van der Waals surface area contributed by atoms with Gasteiger partial charge in [0.05, 0.1) is 17.1 Å². The number of rotatable bonds is 5. The summed E-state index contributed by atoms with van der Waals surface area (Å²) < 4.78 is 0. The predicted molar refractivity (Wildman–Crippen MR) is 130 cm³/mol. The second kappa shape index (κ2) is 8.93. The van der Waals surface area contributed by atoms with Gasteiger partial charge in [0.25, 0.3) is 0 Å². The first-order chi connectivity index (χ1) is 15.7. The molecule has 1 aliphatic heterocycles. The molecule has 0 amide bonds. The number of benzene rings is 2. The third-order valence-corrected chi connectivity index (χ3v) is 6.40. The molecule has 32 heavy (non-hydrogen) atoms. The molecule has 1 aliphatic rings. The number of nitrogens with two attached hydrogens (primary N) is 1. The summed E-state index contributed by atoms with van der Waals surface area (Å²) in [5, 5.41) is 3.84. The lowest BCUT2D eigenvalue weighted by atomic mass is 9.85. The van der Waals surface area contributed by atoms with Crippen molar-refractivity contribution in [1.82, 2.24) is 19.9 Å². The van der Waals surface area contributed by atoms with Crippen molar-refractivity contribution in [2.45, 2.75) is 18.9 Å². The van der Waals surface area contributed by atoms with Crippen LogP contribution in [0.15, 0.2) is 73.3 Å². The third kappa shape index (κ3) is 4.27. The minimum atomic E-state index is 0.186. The third-order valence-electron chi connectivity index (χ3n) is 6.40. The van der Waals surface area contributed by atoms with Gasteiger partial charge in [0.1, 0.15) is 0 Å². The molecule has 2 aromatic heterocycles. The second-order valence-electron chi connectivity index (χ2n) is 8.62. The fraction of sp³-hybridized carbons (Fsp3) is 0.269. The molecule has 6 heteroatoms. The van der Waals surface area contributed by atoms with E-state index >= 15 is 0 Å². The predicted octanol–water partition coefficient (Wildman–Crippen LogP) is 4.77. The first-order valence-electron chi connectivity index (χ1n) is 11.1. The maximum absolute atomic E-state index is 5.92. The van der Waals surface area contributed by atoms with Gasteiger partial charge < -0.3 is 16.0 Å². The highest BCUT2D eigenvalue weighted by Gasteiger charge is 2.27. The van der Waals surface area contributed by atoms with Crippen LogP contribution in [0.25, 0.3) is 22.2 Å². The number of piperidine rings is 1. The smallest absolute Gasteiger partial charge is 0.0966 e. The molecule has 4 aromatic rings. The molecule has 3 heterocycles. The summed E-state index contributed by atoms with van der Waals surface area (Å²) in [5.41, 5.74) is 12.8. The summed E-state index contributed by atoms with van der Waals surface area (Å²) in [6.45, 7) is 2.23. The Morgan fingerprint density at radius 3 is 2.53 bits per heavy atom. The average Bonchev–Trinajstić information content (AvgIpc) is 2.84. The number of nitrogens with one attached hydrogen (secondary N) is 1. The van der Waals surface area contributed by atoms with E-state index < -0.39 is 0 Å². The SMILES string of the molecule is CN1CCC(C(Nc2cc(-c3ccc(N)cc3)c3nccnc3c2)c2cccnc2)CC1. The number of anilines is 2. The number of aromatic nitrogens is 3. The van der Waals surface area contributed by atoms with Gasteiger partial charge in [0.15, 0.2) is 0 Å². The molecule has 0 bridgehead atoms. The summed E-state index contributed by atoms with van der Waals surface area (Å²) in [6, 6.07) is 16.6. The highest BCUT2D eigenvalue weighted by atomic mass is 15.1. The quantitative estimate of drug-likeness (QED) is 0.449. The van der Waals surface area contributed by atoms with E-state index in [1.165, 1.54) is 5.56 Å². The van der Waals surface area contributed by atoms with E-state index in [4.69, 9.17) is 5.73 Å². The monoisotopic (exact) mass is 424 g/mol. The van der Waals surface area contributed by atoms with Crippen LogP contribution in [0.3, 0.4) is 0 Å². The van der Waals surface area contributed by atoms with E-state index in [2.05, 4.69) is 50.4 Å². The minimum Gasteiger partial charge on any atom is -0.399 e. The molecule has 0 aliphatic carbocycles. The van der Waals surface area contributed by atoms with E-state index in [0.29, 0.717) is 5.92 Å². The number of pyridine rings is 1. The van der Waals surface area contributed by atoms with E-state index in [1.54, 1.807) is 12.4 Å². The largest absolute Gasteiger partial charge is 0.399 e. The average molecular weight is 425 g/mol. The lowest BCUT2D eigenvalue weighted by Crippen LogP contribution is -2.34. The van der Waals surface area contributed by atoms with E-state index in [0.717, 1.165) is 59.5 Å². The van der Waals surface area contributed by atoms with Crippen LogP contribution in [0.2, 0.25) is 0 Å². The second-order valence-corrected chi connectivity index (χ2v) is 8.62. The van der Waals surface area contributed by atoms with Crippen LogP contribution in [0.1, 0.15) is 24.4 Å². The zero-order valence-electron chi connectivity index (χ0n) is 18.3. The molecule has 1 saturated heterocycles. The molecule has 0 saturated carbocycles. The van der Waals surface area contributed by atoms with Crippen molar-refractivity contribution in [3.8, 4) is 11.1 Å². The maximum atomic E-state index is 5.92. The normalized spacial score (nSPS) is 16.2. The van der Waals surface area contributed by atoms with E-state index in [-0.39, 0.29) is 6.04 Å². The van der Waals surface area contributed by atoms with E-state index in [9.17, 15) is 0 Å². The Bertz CT molecular complexity index is 1180. The minimum absolute atomic E-state index is 0.186. The van der Waals surface area contributed by atoms with Crippen molar-refractivity contribution in [1.29, 1.82) is 0 Å². The number of fused-ring (bicyclic) bond motifs is 1. The molecule has 6 nitrogen and oxygen atoms in total. The topological polar surface area (TPSA) is 80.0 Å². The Balaban J connectivity index is 1.56. The molecular formula is C26H28N6. The summed E-state index contributed by atoms with van der Waals surface area (Å²) in [6.07, 6.45) is 9.61. The molecule has 1 atom stereocenters. The Hall–Kier alpha value is -3.51. The first-order valence-corrected chi connectivity index (χ1v) is 11.1. The van der Waals surface area contributed by atoms with Gasteiger partial charge >= 0.3 is 0 Å². The highest BCUT2D eigenvalue weighted by molar-refractivity contribution is 5.94. The van der Waals surface area contributed by atoms with Gasteiger partial charge in [0.2, 0.25) is 0 Å². The summed E-state index contributed by atoms with van der Waals surface area (Å²) in [7, 11) is 2.20. The van der Waals surface area contributed by atoms with Crippen LogP contribution in [0.4, 0.5) is 11.4 Å². The van der Waals surface area contributed by atoms with Crippen LogP contribution in [0, 0.1) is 5.92 Å². The highest BCUT2D eigenvalue weighted by Crippen LogP contribution is 2.36. The lowest BCUT2D eigenvalue weighted by molar-refractivity contribution is 0.204. The van der Waals surface area contributed by atoms with Gasteiger partial charge in [-0.15, -0.1) is 0 Å². The van der Waals surface area contributed by atoms with Crippen LogP contribution >= 0.6 is 0 Å². The van der Waals surface area contributed by atoms with Crippen LogP contribution < -0.4 is 11.1 Å². The molecular weight excluding hydrogens is 396 g/mol. The van der Waals surface area contributed by atoms with Gasteiger partial charge in [0, 0.05) is 41.7 Å². The van der Waals surface area contributed by atoms with Crippen molar-refractivity contribution >= 4 is 22.4 Å². The van der Waals surface area contributed by atoms with Gasteiger partial charge in [-0.25, -0.2) is 0 Å². The lowest BCUT2D eigenvalue weighted by Gasteiger charge is -2.35. The van der Waals surface area contributed by atoms with E-state index in [1.807, 2.05) is 42.7 Å². The standard InChI is InChI=1S/C26H28N6/c1-32-13-8-19(9-14-32)25(20-3-2-10-28-17-20)31-22-15-23(18-4-6-21(27)7-5-18)26-24(16-22)29-11-12-30-26/h2-7,10-12,15-17,19,25,31H,8-9,13-14,27H2,1H3. The number of hydrogen-bond donors (Lipinski definition) is 2.